The van der Waals surface area contributed by atoms with Crippen LogP contribution in [-0.2, 0) is 11.2 Å². The molecule has 38 heavy (non-hydrogen) atoms. The molecule has 3 nitrogen and oxygen atoms in total. The zero-order chi connectivity index (χ0) is 27.0. The molecular weight excluding hydrogens is 466 g/mol. The van der Waals surface area contributed by atoms with Gasteiger partial charge in [-0.1, -0.05) is 68.8 Å². The molecule has 1 aliphatic rings. The van der Waals surface area contributed by atoms with Crippen LogP contribution < -0.4 is 4.57 Å². The van der Waals surface area contributed by atoms with Crippen molar-refractivity contribution in [1.29, 1.82) is 0 Å². The first-order valence-electron chi connectivity index (χ1n) is 13.8. The largest absolute Gasteiger partial charge is 0.392 e. The molecule has 0 bridgehead atoms. The summed E-state index contributed by atoms with van der Waals surface area (Å²) in [4.78, 5) is 0. The van der Waals surface area contributed by atoms with Gasteiger partial charge in [-0.3, -0.25) is 0 Å². The zero-order valence-electron chi connectivity index (χ0n) is 23.6. The number of aliphatic hydroxyl groups is 1. The SMILES string of the molecule is COC/C(=C\CO)C1C(C)c2c(C)cc(C)cc2-c2cc(CC(C)C)c3cc(-c4ccccc4)ccc3[n+]21. The monoisotopic (exact) mass is 506 g/mol. The van der Waals surface area contributed by atoms with E-state index in [0.717, 1.165) is 12.0 Å². The summed E-state index contributed by atoms with van der Waals surface area (Å²) in [6, 6.07) is 24.7. The third kappa shape index (κ3) is 4.70. The number of aromatic nitrogens is 1. The van der Waals surface area contributed by atoms with Gasteiger partial charge in [0.2, 0.25) is 11.2 Å². The van der Waals surface area contributed by atoms with Gasteiger partial charge in [0.25, 0.3) is 0 Å². The molecule has 2 atom stereocenters. The van der Waals surface area contributed by atoms with Crippen LogP contribution in [0.4, 0.5) is 0 Å². The van der Waals surface area contributed by atoms with Crippen molar-refractivity contribution in [2.75, 3.05) is 20.3 Å². The molecule has 2 heterocycles. The zero-order valence-corrected chi connectivity index (χ0v) is 23.6. The van der Waals surface area contributed by atoms with E-state index in [4.69, 9.17) is 4.74 Å². The Hall–Kier alpha value is -3.27. The Morgan fingerprint density at radius 2 is 1.76 bits per heavy atom. The van der Waals surface area contributed by atoms with E-state index >= 15 is 0 Å². The Kier molecular flexibility index (Phi) is 7.52. The Bertz CT molecular complexity index is 1500. The predicted molar refractivity (Wildman–Crippen MR) is 158 cm³/mol. The van der Waals surface area contributed by atoms with Gasteiger partial charge < -0.3 is 9.84 Å². The molecule has 3 heteroatoms. The summed E-state index contributed by atoms with van der Waals surface area (Å²) in [5.41, 5.74) is 12.8. The molecule has 0 fully saturated rings. The summed E-state index contributed by atoms with van der Waals surface area (Å²) in [5.74, 6) is 0.765. The average Bonchev–Trinajstić information content (AvgIpc) is 2.89. The van der Waals surface area contributed by atoms with Crippen LogP contribution in [0.25, 0.3) is 33.3 Å². The van der Waals surface area contributed by atoms with E-state index in [-0.39, 0.29) is 18.6 Å². The van der Waals surface area contributed by atoms with Gasteiger partial charge in [-0.25, -0.2) is 0 Å². The third-order valence-corrected chi connectivity index (χ3v) is 7.97. The lowest BCUT2D eigenvalue weighted by molar-refractivity contribution is -0.684. The number of fused-ring (bicyclic) bond motifs is 5. The van der Waals surface area contributed by atoms with Crippen LogP contribution in [0.2, 0.25) is 0 Å². The summed E-state index contributed by atoms with van der Waals surface area (Å²) < 4.78 is 8.21. The highest BCUT2D eigenvalue weighted by atomic mass is 16.5. The third-order valence-electron chi connectivity index (χ3n) is 7.97. The van der Waals surface area contributed by atoms with Crippen LogP contribution in [0.5, 0.6) is 0 Å². The molecule has 1 aliphatic heterocycles. The van der Waals surface area contributed by atoms with Gasteiger partial charge in [-0.15, -0.1) is 0 Å². The highest BCUT2D eigenvalue weighted by Gasteiger charge is 2.42. The number of hydrogen-bond donors (Lipinski definition) is 1. The number of rotatable bonds is 7. The average molecular weight is 507 g/mol. The predicted octanol–water partition coefficient (Wildman–Crippen LogP) is 7.50. The van der Waals surface area contributed by atoms with Crippen LogP contribution in [0.15, 0.2) is 78.4 Å². The number of hydrogen-bond acceptors (Lipinski definition) is 2. The number of pyridine rings is 1. The Morgan fingerprint density at radius 3 is 2.45 bits per heavy atom. The van der Waals surface area contributed by atoms with Crippen molar-refractivity contribution in [3.05, 3.63) is 101 Å². The molecule has 0 saturated heterocycles. The Morgan fingerprint density at radius 1 is 1.00 bits per heavy atom. The van der Waals surface area contributed by atoms with E-state index in [0.29, 0.717) is 12.5 Å². The summed E-state index contributed by atoms with van der Waals surface area (Å²) in [6.07, 6.45) is 2.96. The van der Waals surface area contributed by atoms with Crippen LogP contribution in [-0.4, -0.2) is 25.4 Å². The number of nitrogens with zero attached hydrogens (tertiary/aromatic N) is 1. The summed E-state index contributed by atoms with van der Waals surface area (Å²) in [6.45, 7) is 11.8. The van der Waals surface area contributed by atoms with Crippen molar-refractivity contribution in [1.82, 2.24) is 0 Å². The second-order valence-corrected chi connectivity index (χ2v) is 11.3. The van der Waals surface area contributed by atoms with Crippen molar-refractivity contribution in [2.24, 2.45) is 5.92 Å². The minimum Gasteiger partial charge on any atom is -0.392 e. The van der Waals surface area contributed by atoms with Crippen LogP contribution in [0.3, 0.4) is 0 Å². The van der Waals surface area contributed by atoms with Crippen LogP contribution >= 0.6 is 0 Å². The molecule has 2 unspecified atom stereocenters. The van der Waals surface area contributed by atoms with Gasteiger partial charge in [0, 0.05) is 30.7 Å². The summed E-state index contributed by atoms with van der Waals surface area (Å²) >= 11 is 0. The standard InChI is InChI=1S/C35H40NO2/c1-22(2)16-29-20-33-31-18-23(3)17-24(4)34(31)25(5)35(28(14-15-37)21-38-6)36(33)32-13-12-27(19-30(29)32)26-10-8-7-9-11-26/h7-14,17-20,22,25,35,37H,15-16,21H2,1-6H3/q+1/b28-14+. The number of methoxy groups -OCH3 is 1. The number of ether oxygens (including phenoxy) is 1. The maximum absolute atomic E-state index is 9.99. The lowest BCUT2D eigenvalue weighted by Gasteiger charge is -2.32. The first kappa shape index (κ1) is 26.3. The topological polar surface area (TPSA) is 33.3 Å². The van der Waals surface area contributed by atoms with Crippen molar-refractivity contribution < 1.29 is 14.4 Å². The number of benzene rings is 3. The minimum absolute atomic E-state index is 0.000928. The Labute approximate surface area is 227 Å². The minimum atomic E-state index is -0.000928. The lowest BCUT2D eigenvalue weighted by atomic mass is 9.77. The molecule has 1 aromatic heterocycles. The maximum Gasteiger partial charge on any atom is 0.214 e. The van der Waals surface area contributed by atoms with Crippen molar-refractivity contribution in [3.63, 3.8) is 0 Å². The fraction of sp³-hybridized carbons (Fsp3) is 0.343. The summed E-state index contributed by atoms with van der Waals surface area (Å²) in [7, 11) is 1.74. The molecule has 0 spiro atoms. The van der Waals surface area contributed by atoms with Crippen LogP contribution in [0, 0.1) is 19.8 Å². The van der Waals surface area contributed by atoms with Gasteiger partial charge >= 0.3 is 0 Å². The van der Waals surface area contributed by atoms with E-state index in [1.165, 1.54) is 55.5 Å². The van der Waals surface area contributed by atoms with Gasteiger partial charge in [-0.2, -0.15) is 4.57 Å². The summed E-state index contributed by atoms with van der Waals surface area (Å²) in [5, 5.41) is 11.3. The molecule has 5 rings (SSSR count). The van der Waals surface area contributed by atoms with E-state index in [9.17, 15) is 5.11 Å². The molecule has 3 aromatic carbocycles. The molecule has 196 valence electrons. The molecule has 0 aliphatic carbocycles. The highest BCUT2D eigenvalue weighted by molar-refractivity contribution is 5.87. The van der Waals surface area contributed by atoms with Gasteiger partial charge in [0.1, 0.15) is 0 Å². The van der Waals surface area contributed by atoms with Crippen LogP contribution in [0.1, 0.15) is 55.0 Å². The van der Waals surface area contributed by atoms with Crippen molar-refractivity contribution in [2.45, 2.75) is 53.0 Å². The second-order valence-electron chi connectivity index (χ2n) is 11.3. The molecule has 0 radical (unpaired) electrons. The fourth-order valence-electron chi connectivity index (χ4n) is 6.58. The first-order chi connectivity index (χ1) is 18.3. The second kappa shape index (κ2) is 10.8. The fourth-order valence-corrected chi connectivity index (χ4v) is 6.58. The van der Waals surface area contributed by atoms with E-state index < -0.39 is 0 Å². The van der Waals surface area contributed by atoms with Gasteiger partial charge in [0.05, 0.1) is 24.2 Å². The van der Waals surface area contributed by atoms with Gasteiger partial charge in [-0.05, 0) is 72.2 Å². The normalized spacial score (nSPS) is 17.1. The molecular formula is C35H40NO2+. The molecule has 4 aromatic rings. The van der Waals surface area contributed by atoms with Gasteiger partial charge in [0.15, 0.2) is 6.04 Å². The number of aliphatic hydroxyl groups excluding tert-OH is 1. The molecule has 0 saturated carbocycles. The molecule has 0 amide bonds. The number of aryl methyl sites for hydroxylation is 2. The van der Waals surface area contributed by atoms with E-state index in [1.807, 2.05) is 6.08 Å². The Balaban J connectivity index is 1.89. The highest BCUT2D eigenvalue weighted by Crippen LogP contribution is 2.45. The van der Waals surface area contributed by atoms with E-state index in [1.54, 1.807) is 7.11 Å². The van der Waals surface area contributed by atoms with E-state index in [2.05, 4.69) is 106 Å². The first-order valence-corrected chi connectivity index (χ1v) is 13.8. The maximum atomic E-state index is 9.99. The lowest BCUT2D eigenvalue weighted by Crippen LogP contribution is -2.49. The van der Waals surface area contributed by atoms with Crippen molar-refractivity contribution >= 4 is 10.9 Å². The smallest absolute Gasteiger partial charge is 0.214 e. The quantitative estimate of drug-likeness (QED) is 0.208. The van der Waals surface area contributed by atoms with Crippen molar-refractivity contribution in [3.8, 4) is 22.4 Å². The molecule has 1 N–H and O–H groups in total.